The third-order valence-corrected chi connectivity index (χ3v) is 4.71. The van der Waals surface area contributed by atoms with Crippen molar-refractivity contribution in [2.24, 2.45) is 11.1 Å². The van der Waals surface area contributed by atoms with Crippen LogP contribution in [-0.2, 0) is 4.79 Å². The van der Waals surface area contributed by atoms with E-state index in [-0.39, 0.29) is 11.3 Å². The predicted octanol–water partition coefficient (Wildman–Crippen LogP) is 2.05. The standard InChI is InChI=1S/C14H18BrN3OS/c1-14(13(19)17-2)5-6-18(8-14)9-3-4-10(12(16)20)11(15)7-9/h3-4,7H,5-6,8H2,1-2H3,(H2,16,20)(H,17,19). The van der Waals surface area contributed by atoms with Crippen molar-refractivity contribution in [1.29, 1.82) is 0 Å². The summed E-state index contributed by atoms with van der Waals surface area (Å²) < 4.78 is 0.885. The summed E-state index contributed by atoms with van der Waals surface area (Å²) in [6.07, 6.45) is 0.849. The first-order valence-electron chi connectivity index (χ1n) is 6.44. The Morgan fingerprint density at radius 2 is 2.25 bits per heavy atom. The van der Waals surface area contributed by atoms with Crippen molar-refractivity contribution < 1.29 is 4.79 Å². The summed E-state index contributed by atoms with van der Waals surface area (Å²) in [7, 11) is 1.68. The van der Waals surface area contributed by atoms with Gasteiger partial charge in [-0.15, -0.1) is 0 Å². The van der Waals surface area contributed by atoms with Crippen molar-refractivity contribution in [2.75, 3.05) is 25.0 Å². The van der Waals surface area contributed by atoms with E-state index in [1.54, 1.807) is 7.05 Å². The van der Waals surface area contributed by atoms with E-state index in [0.29, 0.717) is 11.5 Å². The Hall–Kier alpha value is -1.14. The molecule has 0 bridgehead atoms. The number of rotatable bonds is 3. The highest BCUT2D eigenvalue weighted by atomic mass is 79.9. The van der Waals surface area contributed by atoms with Gasteiger partial charge in [-0.25, -0.2) is 0 Å². The van der Waals surface area contributed by atoms with E-state index < -0.39 is 0 Å². The molecule has 3 N–H and O–H groups in total. The van der Waals surface area contributed by atoms with Gasteiger partial charge in [-0.05, 0) is 47.5 Å². The molecule has 0 saturated carbocycles. The van der Waals surface area contributed by atoms with Gasteiger partial charge in [0, 0.05) is 35.9 Å². The summed E-state index contributed by atoms with van der Waals surface area (Å²) in [5.74, 6) is 0.0961. The lowest BCUT2D eigenvalue weighted by Gasteiger charge is -2.24. The molecule has 0 aliphatic carbocycles. The van der Waals surface area contributed by atoms with Crippen LogP contribution in [0, 0.1) is 5.41 Å². The van der Waals surface area contributed by atoms with Crippen LogP contribution in [0.2, 0.25) is 0 Å². The first-order valence-corrected chi connectivity index (χ1v) is 7.64. The smallest absolute Gasteiger partial charge is 0.227 e. The number of nitrogens with two attached hydrogens (primary N) is 1. The molecule has 1 saturated heterocycles. The van der Waals surface area contributed by atoms with Crippen LogP contribution in [0.3, 0.4) is 0 Å². The zero-order valence-corrected chi connectivity index (χ0v) is 14.0. The third kappa shape index (κ3) is 2.81. The summed E-state index contributed by atoms with van der Waals surface area (Å²) in [6, 6.07) is 5.91. The average molecular weight is 356 g/mol. The molecule has 6 heteroatoms. The quantitative estimate of drug-likeness (QED) is 0.814. The molecule has 1 aliphatic heterocycles. The third-order valence-electron chi connectivity index (χ3n) is 3.83. The van der Waals surface area contributed by atoms with Gasteiger partial charge in [0.25, 0.3) is 0 Å². The van der Waals surface area contributed by atoms with E-state index in [9.17, 15) is 4.79 Å². The zero-order chi connectivity index (χ0) is 14.9. The Kier molecular flexibility index (Phi) is 4.34. The Balaban J connectivity index is 2.21. The number of anilines is 1. The molecule has 0 aromatic heterocycles. The van der Waals surface area contributed by atoms with Crippen LogP contribution >= 0.6 is 28.1 Å². The van der Waals surface area contributed by atoms with Crippen molar-refractivity contribution in [1.82, 2.24) is 5.32 Å². The number of amides is 1. The lowest BCUT2D eigenvalue weighted by Crippen LogP contribution is -2.39. The Morgan fingerprint density at radius 3 is 2.80 bits per heavy atom. The van der Waals surface area contributed by atoms with Crippen LogP contribution < -0.4 is 16.0 Å². The van der Waals surface area contributed by atoms with E-state index in [4.69, 9.17) is 18.0 Å². The van der Waals surface area contributed by atoms with E-state index in [2.05, 4.69) is 26.1 Å². The highest BCUT2D eigenvalue weighted by Crippen LogP contribution is 2.34. The van der Waals surface area contributed by atoms with Crippen molar-refractivity contribution in [3.05, 3.63) is 28.2 Å². The fourth-order valence-electron chi connectivity index (χ4n) is 2.57. The van der Waals surface area contributed by atoms with Gasteiger partial charge in [0.15, 0.2) is 0 Å². The zero-order valence-electron chi connectivity index (χ0n) is 11.6. The second kappa shape index (κ2) is 5.69. The molecule has 4 nitrogen and oxygen atoms in total. The summed E-state index contributed by atoms with van der Waals surface area (Å²) in [6.45, 7) is 3.58. The van der Waals surface area contributed by atoms with Gasteiger partial charge in [-0.1, -0.05) is 12.2 Å². The van der Waals surface area contributed by atoms with Gasteiger partial charge in [-0.3, -0.25) is 4.79 Å². The van der Waals surface area contributed by atoms with Crippen molar-refractivity contribution in [2.45, 2.75) is 13.3 Å². The molecule has 1 aromatic carbocycles. The number of carbonyl (C=O) groups excluding carboxylic acids is 1. The largest absolute Gasteiger partial charge is 0.389 e. The number of carbonyl (C=O) groups is 1. The topological polar surface area (TPSA) is 58.4 Å². The summed E-state index contributed by atoms with van der Waals surface area (Å²) in [4.78, 5) is 14.5. The monoisotopic (exact) mass is 355 g/mol. The van der Waals surface area contributed by atoms with Crippen LogP contribution in [0.5, 0.6) is 0 Å². The van der Waals surface area contributed by atoms with Crippen LogP contribution in [0.4, 0.5) is 5.69 Å². The van der Waals surface area contributed by atoms with Crippen LogP contribution in [-0.4, -0.2) is 31.0 Å². The molecule has 1 aromatic rings. The Labute approximate surface area is 132 Å². The first kappa shape index (κ1) is 15.3. The van der Waals surface area contributed by atoms with Crippen LogP contribution in [0.25, 0.3) is 0 Å². The number of nitrogens with zero attached hydrogens (tertiary/aromatic N) is 1. The number of halogens is 1. The second-order valence-electron chi connectivity index (χ2n) is 5.34. The van der Waals surface area contributed by atoms with Crippen molar-refractivity contribution >= 4 is 44.7 Å². The van der Waals surface area contributed by atoms with E-state index in [1.807, 2.05) is 25.1 Å². The molecule has 0 spiro atoms. The minimum absolute atomic E-state index is 0.0961. The lowest BCUT2D eigenvalue weighted by molar-refractivity contribution is -0.128. The molecule has 1 amide bonds. The first-order chi connectivity index (χ1) is 9.37. The normalized spacial score (nSPS) is 21.9. The molecule has 1 aliphatic rings. The van der Waals surface area contributed by atoms with Gasteiger partial charge in [0.2, 0.25) is 5.91 Å². The summed E-state index contributed by atoms with van der Waals surface area (Å²) >= 11 is 8.49. The van der Waals surface area contributed by atoms with Gasteiger partial charge >= 0.3 is 0 Å². The molecule has 1 atom stereocenters. The molecule has 1 unspecified atom stereocenters. The molecule has 20 heavy (non-hydrogen) atoms. The van der Waals surface area contributed by atoms with Gasteiger partial charge in [-0.2, -0.15) is 0 Å². The van der Waals surface area contributed by atoms with E-state index >= 15 is 0 Å². The van der Waals surface area contributed by atoms with Crippen LogP contribution in [0.1, 0.15) is 18.9 Å². The fourth-order valence-corrected chi connectivity index (χ4v) is 3.46. The van der Waals surface area contributed by atoms with E-state index in [0.717, 1.165) is 28.7 Å². The fraction of sp³-hybridized carbons (Fsp3) is 0.429. The lowest BCUT2D eigenvalue weighted by atomic mass is 9.89. The van der Waals surface area contributed by atoms with Gasteiger partial charge < -0.3 is 16.0 Å². The number of hydrogen-bond acceptors (Lipinski definition) is 3. The van der Waals surface area contributed by atoms with Crippen molar-refractivity contribution in [3.63, 3.8) is 0 Å². The number of hydrogen-bond donors (Lipinski definition) is 2. The SMILES string of the molecule is CNC(=O)C1(C)CCN(c2ccc(C(N)=S)c(Br)c2)C1. The average Bonchev–Trinajstić information content (AvgIpc) is 2.81. The molecule has 1 fully saturated rings. The summed E-state index contributed by atoms with van der Waals surface area (Å²) in [5.41, 5.74) is 7.23. The number of thiocarbonyl (C=S) groups is 1. The summed E-state index contributed by atoms with van der Waals surface area (Å²) in [5, 5.41) is 2.75. The highest BCUT2D eigenvalue weighted by Gasteiger charge is 2.39. The molecule has 0 radical (unpaired) electrons. The maximum absolute atomic E-state index is 11.9. The minimum atomic E-state index is -0.330. The van der Waals surface area contributed by atoms with E-state index in [1.165, 1.54) is 0 Å². The van der Waals surface area contributed by atoms with Gasteiger partial charge in [0.1, 0.15) is 4.99 Å². The number of benzene rings is 1. The molecular formula is C14H18BrN3OS. The maximum Gasteiger partial charge on any atom is 0.227 e. The minimum Gasteiger partial charge on any atom is -0.389 e. The predicted molar refractivity (Wildman–Crippen MR) is 89.0 cm³/mol. The second-order valence-corrected chi connectivity index (χ2v) is 6.63. The Bertz CT molecular complexity index is 563. The highest BCUT2D eigenvalue weighted by molar-refractivity contribution is 9.10. The van der Waals surface area contributed by atoms with Crippen LogP contribution in [0.15, 0.2) is 22.7 Å². The molecule has 2 rings (SSSR count). The maximum atomic E-state index is 11.9. The molecule has 1 heterocycles. The van der Waals surface area contributed by atoms with Gasteiger partial charge in [0.05, 0.1) is 5.41 Å². The Morgan fingerprint density at radius 1 is 1.55 bits per heavy atom. The molecular weight excluding hydrogens is 338 g/mol. The number of nitrogens with one attached hydrogen (secondary N) is 1. The molecule has 108 valence electrons. The van der Waals surface area contributed by atoms with Crippen molar-refractivity contribution in [3.8, 4) is 0 Å².